The molecule has 0 radical (unpaired) electrons. The second-order valence-corrected chi connectivity index (χ2v) is 13.2. The Morgan fingerprint density at radius 3 is 2.67 bits per heavy atom. The fraction of sp³-hybridized carbons (Fsp3) is 0.433. The van der Waals surface area contributed by atoms with Crippen LogP contribution in [0.5, 0.6) is 5.75 Å². The molecule has 3 atom stereocenters. The van der Waals surface area contributed by atoms with Gasteiger partial charge < -0.3 is 19.5 Å². The Kier molecular flexibility index (Phi) is 8.22. The number of aromatic nitrogens is 2. The summed E-state index contributed by atoms with van der Waals surface area (Å²) in [6.45, 7) is 5.03. The molecule has 6 rings (SSSR count). The Hall–Kier alpha value is -3.45. The summed E-state index contributed by atoms with van der Waals surface area (Å²) in [5.74, 6) is 0.496. The molecule has 12 heteroatoms. The Balaban J connectivity index is 1.23. The monoisotopic (exact) mass is 596 g/mol. The summed E-state index contributed by atoms with van der Waals surface area (Å²) in [4.78, 5) is 24.1. The van der Waals surface area contributed by atoms with E-state index in [-0.39, 0.29) is 41.7 Å². The average Bonchev–Trinajstić information content (AvgIpc) is 3.53. The van der Waals surface area contributed by atoms with Crippen molar-refractivity contribution in [3.05, 3.63) is 65.8 Å². The van der Waals surface area contributed by atoms with Gasteiger partial charge in [-0.2, -0.15) is 0 Å². The first-order valence-electron chi connectivity index (χ1n) is 14.1. The maximum absolute atomic E-state index is 13.8. The molecule has 0 aliphatic carbocycles. The number of anilines is 2. The summed E-state index contributed by atoms with van der Waals surface area (Å²) < 4.78 is 55.6. The molecule has 3 aliphatic rings. The van der Waals surface area contributed by atoms with Crippen LogP contribution in [0.3, 0.4) is 0 Å². The van der Waals surface area contributed by atoms with Crippen LogP contribution in [0.1, 0.15) is 17.5 Å². The van der Waals surface area contributed by atoms with Crippen molar-refractivity contribution in [2.24, 2.45) is 0 Å². The summed E-state index contributed by atoms with van der Waals surface area (Å²) >= 11 is 0. The van der Waals surface area contributed by atoms with E-state index in [1.165, 1.54) is 12.4 Å². The predicted octanol–water partition coefficient (Wildman–Crippen LogP) is 3.15. The lowest BCUT2D eigenvalue weighted by Crippen LogP contribution is -2.36. The zero-order chi connectivity index (χ0) is 29.3. The number of halogens is 1. The molecule has 1 aromatic heterocycles. The fourth-order valence-electron chi connectivity index (χ4n) is 5.64. The van der Waals surface area contributed by atoms with E-state index in [9.17, 15) is 17.6 Å². The van der Waals surface area contributed by atoms with Crippen molar-refractivity contribution < 1.29 is 31.8 Å². The van der Waals surface area contributed by atoms with E-state index in [0.29, 0.717) is 65.5 Å². The first-order chi connectivity index (χ1) is 20.2. The smallest absolute Gasteiger partial charge is 0.159 e. The molecule has 4 heterocycles. The second-order valence-electron chi connectivity index (χ2n) is 11.0. The lowest BCUT2D eigenvalue weighted by atomic mass is 10.0. The Bertz CT molecular complexity index is 1620. The summed E-state index contributed by atoms with van der Waals surface area (Å²) in [5, 5.41) is 3.87. The molecule has 10 nitrogen and oxygen atoms in total. The number of ketones is 1. The number of hydrogen-bond donors (Lipinski definition) is 1. The Morgan fingerprint density at radius 2 is 1.95 bits per heavy atom. The Labute approximate surface area is 243 Å². The van der Waals surface area contributed by atoms with Gasteiger partial charge in [0.2, 0.25) is 0 Å². The third-order valence-corrected chi connectivity index (χ3v) is 9.53. The lowest BCUT2D eigenvalue weighted by Gasteiger charge is -2.24. The lowest BCUT2D eigenvalue weighted by molar-refractivity contribution is -0.116. The van der Waals surface area contributed by atoms with Crippen molar-refractivity contribution in [2.45, 2.75) is 38.1 Å². The van der Waals surface area contributed by atoms with Crippen molar-refractivity contribution in [3.63, 3.8) is 0 Å². The third kappa shape index (κ3) is 6.62. The molecule has 222 valence electrons. The van der Waals surface area contributed by atoms with E-state index in [1.807, 2.05) is 6.08 Å². The van der Waals surface area contributed by atoms with Gasteiger partial charge in [-0.25, -0.2) is 22.8 Å². The van der Waals surface area contributed by atoms with Crippen molar-refractivity contribution in [1.29, 1.82) is 0 Å². The van der Waals surface area contributed by atoms with Crippen LogP contribution in [0.25, 0.3) is 10.9 Å². The molecule has 3 aliphatic heterocycles. The molecule has 0 spiro atoms. The highest BCUT2D eigenvalue weighted by molar-refractivity contribution is 7.91. The van der Waals surface area contributed by atoms with E-state index in [1.54, 1.807) is 37.3 Å². The number of nitrogens with one attached hydrogen (secondary N) is 1. The van der Waals surface area contributed by atoms with Gasteiger partial charge in [0.25, 0.3) is 0 Å². The van der Waals surface area contributed by atoms with Gasteiger partial charge in [0.15, 0.2) is 15.6 Å². The van der Waals surface area contributed by atoms with Gasteiger partial charge >= 0.3 is 0 Å². The summed E-state index contributed by atoms with van der Waals surface area (Å²) in [5.41, 5.74) is 2.31. The molecule has 3 aromatic rings. The van der Waals surface area contributed by atoms with E-state index in [2.05, 4.69) is 20.2 Å². The molecule has 0 amide bonds. The van der Waals surface area contributed by atoms with Gasteiger partial charge in [-0.15, -0.1) is 0 Å². The van der Waals surface area contributed by atoms with Crippen molar-refractivity contribution in [1.82, 2.24) is 14.9 Å². The number of likely N-dealkylation sites (tertiary alicyclic amines) is 1. The summed E-state index contributed by atoms with van der Waals surface area (Å²) in [6, 6.07) is 8.22. The highest BCUT2D eigenvalue weighted by Crippen LogP contribution is 2.32. The highest BCUT2D eigenvalue weighted by Gasteiger charge is 2.36. The van der Waals surface area contributed by atoms with E-state index >= 15 is 0 Å². The van der Waals surface area contributed by atoms with Crippen molar-refractivity contribution in [2.75, 3.05) is 49.7 Å². The molecule has 0 saturated carbocycles. The maximum atomic E-state index is 13.8. The van der Waals surface area contributed by atoms with Gasteiger partial charge in [-0.05, 0) is 49.2 Å². The normalized spacial score (nSPS) is 23.8. The molecule has 2 aromatic carbocycles. The number of carbonyl (C=O) groups excluding carboxylic acids is 1. The number of ether oxygens (including phenoxy) is 3. The van der Waals surface area contributed by atoms with E-state index in [4.69, 9.17) is 14.2 Å². The molecule has 3 saturated heterocycles. The average molecular weight is 597 g/mol. The fourth-order valence-corrected chi connectivity index (χ4v) is 7.23. The minimum Gasteiger partial charge on any atom is -0.489 e. The number of sulfone groups is 1. The topological polar surface area (TPSA) is 120 Å². The van der Waals surface area contributed by atoms with Gasteiger partial charge in [-0.3, -0.25) is 9.69 Å². The first-order valence-corrected chi connectivity index (χ1v) is 15.9. The SMILES string of the molecule is Cc1cc(Nc2ncnc3cc(OC4CCS(=O)(=O)C4)c(CC(=O)/C=C/CN4CC5OCCOC5C4)cc23)ccc1F. The van der Waals surface area contributed by atoms with Crippen LogP contribution < -0.4 is 10.1 Å². The van der Waals surface area contributed by atoms with Crippen LogP contribution in [0.4, 0.5) is 15.9 Å². The third-order valence-electron chi connectivity index (χ3n) is 7.79. The zero-order valence-electron chi connectivity index (χ0n) is 23.3. The van der Waals surface area contributed by atoms with Crippen LogP contribution in [-0.2, 0) is 30.5 Å². The van der Waals surface area contributed by atoms with E-state index < -0.39 is 15.9 Å². The zero-order valence-corrected chi connectivity index (χ0v) is 24.1. The molecular formula is C30H33FN4O6S. The largest absolute Gasteiger partial charge is 0.489 e. The van der Waals surface area contributed by atoms with Gasteiger partial charge in [0.1, 0.15) is 29.8 Å². The van der Waals surface area contributed by atoms with Crippen LogP contribution >= 0.6 is 0 Å². The second kappa shape index (κ2) is 12.0. The minimum absolute atomic E-state index is 0.0444. The van der Waals surface area contributed by atoms with Crippen LogP contribution in [-0.4, -0.2) is 91.7 Å². The molecular weight excluding hydrogens is 563 g/mol. The van der Waals surface area contributed by atoms with Gasteiger partial charge in [-0.1, -0.05) is 6.08 Å². The highest BCUT2D eigenvalue weighted by atomic mass is 32.2. The number of carbonyl (C=O) groups is 1. The predicted molar refractivity (Wildman–Crippen MR) is 155 cm³/mol. The number of hydrogen-bond acceptors (Lipinski definition) is 10. The standard InChI is InChI=1S/C30H33FN4O6S/c1-19-11-21(4-5-25(19)31)34-30-24-13-20(12-22(36)3-2-7-35-15-28-29(16-35)40-9-8-39-28)27(14-26(24)32-18-33-30)41-23-6-10-42(37,38)17-23/h2-5,11,13-14,18,23,28-29H,6-10,12,15-17H2,1H3,(H,32,33,34)/b3-2+. The number of nitrogens with zero attached hydrogens (tertiary/aromatic N) is 3. The maximum Gasteiger partial charge on any atom is 0.159 e. The van der Waals surface area contributed by atoms with Crippen LogP contribution in [0.2, 0.25) is 0 Å². The van der Waals surface area contributed by atoms with Gasteiger partial charge in [0, 0.05) is 48.8 Å². The first kappa shape index (κ1) is 28.7. The summed E-state index contributed by atoms with van der Waals surface area (Å²) in [6.07, 6.45) is 4.90. The number of rotatable bonds is 9. The molecule has 3 unspecified atom stereocenters. The summed E-state index contributed by atoms with van der Waals surface area (Å²) in [7, 11) is -3.16. The minimum atomic E-state index is -3.16. The quantitative estimate of drug-likeness (QED) is 0.369. The molecule has 0 bridgehead atoms. The van der Waals surface area contributed by atoms with Crippen molar-refractivity contribution >= 4 is 38.0 Å². The van der Waals surface area contributed by atoms with Crippen LogP contribution in [0.15, 0.2) is 48.8 Å². The van der Waals surface area contributed by atoms with Crippen LogP contribution in [0, 0.1) is 12.7 Å². The number of allylic oxidation sites excluding steroid dienone is 1. The Morgan fingerprint density at radius 1 is 1.17 bits per heavy atom. The number of benzene rings is 2. The molecule has 42 heavy (non-hydrogen) atoms. The molecule has 1 N–H and O–H groups in total. The van der Waals surface area contributed by atoms with Gasteiger partial charge in [0.05, 0.1) is 42.4 Å². The van der Waals surface area contributed by atoms with Crippen molar-refractivity contribution in [3.8, 4) is 5.75 Å². The van der Waals surface area contributed by atoms with E-state index in [0.717, 1.165) is 13.1 Å². The number of fused-ring (bicyclic) bond motifs is 2. The number of aryl methyl sites for hydroxylation is 1. The molecule has 3 fully saturated rings.